The van der Waals surface area contributed by atoms with E-state index in [2.05, 4.69) is 10.6 Å². The number of hydrogen-bond donors (Lipinski definition) is 3. The fraction of sp³-hybridized carbons (Fsp3) is 0.222. The highest BCUT2D eigenvalue weighted by molar-refractivity contribution is 7.14. The summed E-state index contributed by atoms with van der Waals surface area (Å²) in [6.45, 7) is 0.581. The molecular weight excluding hydrogens is 386 g/mol. The first-order valence-electron chi connectivity index (χ1n) is 8.18. The summed E-state index contributed by atoms with van der Waals surface area (Å²) in [6, 6.07) is 9.24. The minimum atomic E-state index is -0.970. The highest BCUT2D eigenvalue weighted by Gasteiger charge is 2.19. The van der Waals surface area contributed by atoms with Crippen LogP contribution >= 0.6 is 11.3 Å². The van der Waals surface area contributed by atoms with E-state index in [-0.39, 0.29) is 17.2 Å². The second-order valence-electron chi connectivity index (χ2n) is 5.57. The number of thiophene rings is 1. The first-order valence-corrected chi connectivity index (χ1v) is 9.05. The maximum Gasteiger partial charge on any atom is 0.328 e. The number of anilines is 1. The summed E-state index contributed by atoms with van der Waals surface area (Å²) in [5, 5.41) is 6.72. The van der Waals surface area contributed by atoms with Gasteiger partial charge < -0.3 is 25.8 Å². The lowest BCUT2D eigenvalue weighted by molar-refractivity contribution is -0.150. The summed E-state index contributed by atoms with van der Waals surface area (Å²) >= 11 is 1.11. The number of amides is 3. The van der Waals surface area contributed by atoms with E-state index < -0.39 is 36.3 Å². The number of para-hydroxylation sites is 1. The number of ether oxygens (including phenoxy) is 2. The lowest BCUT2D eigenvalue weighted by Crippen LogP contribution is -2.42. The van der Waals surface area contributed by atoms with Crippen LogP contribution in [-0.2, 0) is 19.1 Å². The van der Waals surface area contributed by atoms with E-state index in [4.69, 9.17) is 15.2 Å². The van der Waals surface area contributed by atoms with Crippen molar-refractivity contribution in [2.75, 3.05) is 18.5 Å². The summed E-state index contributed by atoms with van der Waals surface area (Å²) in [6.07, 6.45) is 0. The molecule has 0 aliphatic rings. The molecule has 3 amide bonds. The minimum absolute atomic E-state index is 0.170. The molecule has 0 unspecified atom stereocenters. The van der Waals surface area contributed by atoms with Crippen molar-refractivity contribution in [2.45, 2.75) is 13.0 Å². The predicted octanol–water partition coefficient (Wildman–Crippen LogP) is 0.912. The zero-order valence-corrected chi connectivity index (χ0v) is 15.8. The van der Waals surface area contributed by atoms with E-state index in [1.165, 1.54) is 13.0 Å². The SMILES string of the molecule is C[C@H](NC(=O)COc1ccccc1)C(=O)OCC(=O)Nc1sccc1C(N)=O. The van der Waals surface area contributed by atoms with Crippen LogP contribution < -0.4 is 21.1 Å². The van der Waals surface area contributed by atoms with Gasteiger partial charge in [0.15, 0.2) is 13.2 Å². The number of rotatable bonds is 9. The minimum Gasteiger partial charge on any atom is -0.484 e. The smallest absolute Gasteiger partial charge is 0.328 e. The molecule has 9 nitrogen and oxygen atoms in total. The van der Waals surface area contributed by atoms with Gasteiger partial charge >= 0.3 is 5.97 Å². The van der Waals surface area contributed by atoms with E-state index in [9.17, 15) is 19.2 Å². The first-order chi connectivity index (χ1) is 13.4. The van der Waals surface area contributed by atoms with E-state index in [0.717, 1.165) is 11.3 Å². The molecule has 1 atom stereocenters. The molecule has 1 aromatic heterocycles. The second kappa shape index (κ2) is 10.1. The van der Waals surface area contributed by atoms with Crippen LogP contribution in [0.15, 0.2) is 41.8 Å². The van der Waals surface area contributed by atoms with Gasteiger partial charge in [-0.15, -0.1) is 11.3 Å². The van der Waals surface area contributed by atoms with Crippen LogP contribution in [0.3, 0.4) is 0 Å². The molecule has 0 aliphatic heterocycles. The fourth-order valence-corrected chi connectivity index (χ4v) is 2.84. The Bertz CT molecular complexity index is 852. The van der Waals surface area contributed by atoms with Gasteiger partial charge in [0.2, 0.25) is 0 Å². The van der Waals surface area contributed by atoms with Gasteiger partial charge in [-0.05, 0) is 30.5 Å². The molecule has 0 radical (unpaired) electrons. The van der Waals surface area contributed by atoms with Crippen molar-refractivity contribution in [1.82, 2.24) is 5.32 Å². The normalized spacial score (nSPS) is 11.2. The zero-order chi connectivity index (χ0) is 20.5. The van der Waals surface area contributed by atoms with Crippen molar-refractivity contribution in [1.29, 1.82) is 0 Å². The van der Waals surface area contributed by atoms with Crippen molar-refractivity contribution in [3.05, 3.63) is 47.3 Å². The molecule has 0 fully saturated rings. The summed E-state index contributed by atoms with van der Waals surface area (Å²) in [5.41, 5.74) is 5.36. The lowest BCUT2D eigenvalue weighted by Gasteiger charge is -2.13. The van der Waals surface area contributed by atoms with Crippen LogP contribution in [-0.4, -0.2) is 42.9 Å². The van der Waals surface area contributed by atoms with Gasteiger partial charge in [0, 0.05) is 0 Å². The first kappa shape index (κ1) is 20.9. The second-order valence-corrected chi connectivity index (χ2v) is 6.49. The van der Waals surface area contributed by atoms with Crippen molar-refractivity contribution < 1.29 is 28.7 Å². The molecule has 148 valence electrons. The molecular formula is C18H19N3O6S. The van der Waals surface area contributed by atoms with E-state index in [1.807, 2.05) is 6.07 Å². The van der Waals surface area contributed by atoms with Crippen molar-refractivity contribution in [3.63, 3.8) is 0 Å². The Kier molecular flexibility index (Phi) is 7.52. The summed E-state index contributed by atoms with van der Waals surface area (Å²) in [5.74, 6) is -2.09. The molecule has 2 rings (SSSR count). The summed E-state index contributed by atoms with van der Waals surface area (Å²) in [7, 11) is 0. The van der Waals surface area contributed by atoms with Gasteiger partial charge in [-0.2, -0.15) is 0 Å². The topological polar surface area (TPSA) is 137 Å². The Hall–Kier alpha value is -3.40. The number of carbonyl (C=O) groups is 4. The standard InChI is InChI=1S/C18H19N3O6S/c1-11(20-14(22)9-26-12-5-3-2-4-6-12)18(25)27-10-15(23)21-17-13(16(19)24)7-8-28-17/h2-8,11H,9-10H2,1H3,(H2,19,24)(H,20,22)(H,21,23)/t11-/m0/s1. The van der Waals surface area contributed by atoms with Crippen LogP contribution in [0.5, 0.6) is 5.75 Å². The Labute approximate surface area is 164 Å². The van der Waals surface area contributed by atoms with Crippen LogP contribution in [0.25, 0.3) is 0 Å². The van der Waals surface area contributed by atoms with Crippen molar-refractivity contribution in [2.24, 2.45) is 5.73 Å². The molecule has 0 saturated heterocycles. The average Bonchev–Trinajstić information content (AvgIpc) is 3.13. The van der Waals surface area contributed by atoms with Crippen LogP contribution in [0.4, 0.5) is 5.00 Å². The molecule has 0 bridgehead atoms. The molecule has 28 heavy (non-hydrogen) atoms. The van der Waals surface area contributed by atoms with Crippen LogP contribution in [0.1, 0.15) is 17.3 Å². The van der Waals surface area contributed by atoms with Gasteiger partial charge in [0.1, 0.15) is 16.8 Å². The number of nitrogens with one attached hydrogen (secondary N) is 2. The molecule has 2 aromatic rings. The zero-order valence-electron chi connectivity index (χ0n) is 15.0. The van der Waals surface area contributed by atoms with E-state index in [0.29, 0.717) is 5.75 Å². The third kappa shape index (κ3) is 6.40. The number of esters is 1. The Morgan fingerprint density at radius 1 is 1.07 bits per heavy atom. The van der Waals surface area contributed by atoms with Gasteiger partial charge in [-0.3, -0.25) is 14.4 Å². The summed E-state index contributed by atoms with van der Waals surface area (Å²) in [4.78, 5) is 46.8. The number of nitrogens with two attached hydrogens (primary N) is 1. The van der Waals surface area contributed by atoms with Gasteiger partial charge in [0.05, 0.1) is 5.56 Å². The average molecular weight is 405 g/mol. The molecule has 4 N–H and O–H groups in total. The maximum atomic E-state index is 11.9. The predicted molar refractivity (Wildman–Crippen MR) is 102 cm³/mol. The Morgan fingerprint density at radius 3 is 2.46 bits per heavy atom. The molecule has 10 heteroatoms. The molecule has 0 aliphatic carbocycles. The fourth-order valence-electron chi connectivity index (χ4n) is 2.03. The van der Waals surface area contributed by atoms with Gasteiger partial charge in [-0.25, -0.2) is 4.79 Å². The number of benzene rings is 1. The van der Waals surface area contributed by atoms with Crippen molar-refractivity contribution in [3.8, 4) is 5.75 Å². The molecule has 0 saturated carbocycles. The third-order valence-electron chi connectivity index (χ3n) is 3.37. The quantitative estimate of drug-likeness (QED) is 0.531. The molecule has 0 spiro atoms. The van der Waals surface area contributed by atoms with Crippen molar-refractivity contribution >= 4 is 40.0 Å². The number of primary amides is 1. The van der Waals surface area contributed by atoms with Gasteiger partial charge in [0.25, 0.3) is 17.7 Å². The highest BCUT2D eigenvalue weighted by Crippen LogP contribution is 2.22. The third-order valence-corrected chi connectivity index (χ3v) is 4.20. The van der Waals surface area contributed by atoms with Crippen LogP contribution in [0.2, 0.25) is 0 Å². The lowest BCUT2D eigenvalue weighted by atomic mass is 10.3. The largest absolute Gasteiger partial charge is 0.484 e. The summed E-state index contributed by atoms with van der Waals surface area (Å²) < 4.78 is 10.1. The maximum absolute atomic E-state index is 11.9. The number of hydrogen-bond acceptors (Lipinski definition) is 7. The Balaban J connectivity index is 1.72. The molecule has 1 heterocycles. The Morgan fingerprint density at radius 2 is 1.79 bits per heavy atom. The van der Waals surface area contributed by atoms with E-state index >= 15 is 0 Å². The van der Waals surface area contributed by atoms with Gasteiger partial charge in [-0.1, -0.05) is 18.2 Å². The van der Waals surface area contributed by atoms with Crippen LogP contribution in [0, 0.1) is 0 Å². The highest BCUT2D eigenvalue weighted by atomic mass is 32.1. The van der Waals surface area contributed by atoms with E-state index in [1.54, 1.807) is 29.6 Å². The monoisotopic (exact) mass is 405 g/mol. The number of carbonyl (C=O) groups excluding carboxylic acids is 4. The molecule has 1 aromatic carbocycles.